The Kier molecular flexibility index (Phi) is 3.42. The van der Waals surface area contributed by atoms with Crippen LogP contribution in [0.1, 0.15) is 30.0 Å². The van der Waals surface area contributed by atoms with E-state index in [2.05, 4.69) is 50.5 Å². The number of hydrogen-bond donors (Lipinski definition) is 2. The van der Waals surface area contributed by atoms with Gasteiger partial charge in [-0.3, -0.25) is 4.98 Å². The molecule has 0 spiro atoms. The molecule has 0 amide bonds. The van der Waals surface area contributed by atoms with Gasteiger partial charge in [-0.15, -0.1) is 0 Å². The lowest BCUT2D eigenvalue weighted by Gasteiger charge is -2.28. The van der Waals surface area contributed by atoms with Crippen LogP contribution in [0.5, 0.6) is 0 Å². The fourth-order valence-corrected chi connectivity index (χ4v) is 3.14. The molecular formula is C15H16BrN3. The van der Waals surface area contributed by atoms with Crippen molar-refractivity contribution in [2.45, 2.75) is 25.3 Å². The van der Waals surface area contributed by atoms with E-state index < -0.39 is 0 Å². The van der Waals surface area contributed by atoms with E-state index in [0.717, 1.165) is 16.6 Å². The minimum atomic E-state index is 0.325. The molecular weight excluding hydrogens is 302 g/mol. The number of anilines is 2. The van der Waals surface area contributed by atoms with Gasteiger partial charge in [-0.05, 0) is 46.3 Å². The summed E-state index contributed by atoms with van der Waals surface area (Å²) in [5.74, 6) is 0. The quantitative estimate of drug-likeness (QED) is 0.882. The number of hydrogen-bond acceptors (Lipinski definition) is 3. The predicted molar refractivity (Wildman–Crippen MR) is 82.1 cm³/mol. The third kappa shape index (κ3) is 2.45. The Hall–Kier alpha value is -1.55. The number of fused-ring (bicyclic) bond motifs is 1. The van der Waals surface area contributed by atoms with Crippen molar-refractivity contribution in [3.63, 3.8) is 0 Å². The van der Waals surface area contributed by atoms with Gasteiger partial charge in [0.2, 0.25) is 0 Å². The zero-order chi connectivity index (χ0) is 13.2. The van der Waals surface area contributed by atoms with Gasteiger partial charge in [0.1, 0.15) is 0 Å². The molecule has 1 aromatic carbocycles. The smallest absolute Gasteiger partial charge is 0.0754 e. The summed E-state index contributed by atoms with van der Waals surface area (Å²) in [5, 5.41) is 3.56. The Bertz CT molecular complexity index is 577. The van der Waals surface area contributed by atoms with Crippen LogP contribution < -0.4 is 11.1 Å². The van der Waals surface area contributed by atoms with Gasteiger partial charge < -0.3 is 11.1 Å². The fraction of sp³-hybridized carbons (Fsp3) is 0.267. The lowest BCUT2D eigenvalue weighted by Crippen LogP contribution is -2.18. The minimum Gasteiger partial charge on any atom is -0.396 e. The summed E-state index contributed by atoms with van der Waals surface area (Å²) in [6.07, 6.45) is 6.96. The van der Waals surface area contributed by atoms with Crippen LogP contribution in [0.4, 0.5) is 11.4 Å². The van der Waals surface area contributed by atoms with E-state index >= 15 is 0 Å². The SMILES string of the molecule is Nc1cncc(Br)c1NC1CCCc2ccccc21. The molecule has 1 heterocycles. The standard InChI is InChI=1S/C15H16BrN3/c16-12-8-18-9-13(17)15(12)19-14-7-3-5-10-4-1-2-6-11(10)14/h1-2,4,6,8-9,14H,3,5,7,17H2,(H,18,19). The lowest BCUT2D eigenvalue weighted by molar-refractivity contribution is 0.600. The summed E-state index contributed by atoms with van der Waals surface area (Å²) in [5.41, 5.74) is 10.4. The minimum absolute atomic E-state index is 0.325. The average molecular weight is 318 g/mol. The zero-order valence-corrected chi connectivity index (χ0v) is 12.2. The molecule has 0 saturated carbocycles. The normalized spacial score (nSPS) is 17.8. The highest BCUT2D eigenvalue weighted by molar-refractivity contribution is 9.10. The van der Waals surface area contributed by atoms with Crippen LogP contribution in [0.3, 0.4) is 0 Å². The molecule has 0 fully saturated rings. The number of nitrogens with zero attached hydrogens (tertiary/aromatic N) is 1. The van der Waals surface area contributed by atoms with Gasteiger partial charge in [0.05, 0.1) is 28.1 Å². The maximum Gasteiger partial charge on any atom is 0.0754 e. The van der Waals surface area contributed by atoms with Crippen molar-refractivity contribution in [1.29, 1.82) is 0 Å². The number of nitrogens with two attached hydrogens (primary N) is 1. The molecule has 3 N–H and O–H groups in total. The highest BCUT2D eigenvalue weighted by atomic mass is 79.9. The maximum atomic E-state index is 6.00. The van der Waals surface area contributed by atoms with Crippen molar-refractivity contribution in [2.24, 2.45) is 0 Å². The average Bonchev–Trinajstić information content (AvgIpc) is 2.43. The molecule has 98 valence electrons. The number of nitrogens with one attached hydrogen (secondary N) is 1. The summed E-state index contributed by atoms with van der Waals surface area (Å²) in [4.78, 5) is 4.07. The molecule has 4 heteroatoms. The molecule has 0 saturated heterocycles. The first-order valence-electron chi connectivity index (χ1n) is 6.49. The molecule has 1 aliphatic rings. The summed E-state index contributed by atoms with van der Waals surface area (Å²) >= 11 is 3.51. The maximum absolute atomic E-state index is 6.00. The van der Waals surface area contributed by atoms with Crippen molar-refractivity contribution in [2.75, 3.05) is 11.1 Å². The molecule has 1 aromatic heterocycles. The van der Waals surface area contributed by atoms with Crippen molar-refractivity contribution in [1.82, 2.24) is 4.98 Å². The van der Waals surface area contributed by atoms with Crippen LogP contribution in [0.2, 0.25) is 0 Å². The highest BCUT2D eigenvalue weighted by Crippen LogP contribution is 2.36. The summed E-state index contributed by atoms with van der Waals surface area (Å²) in [6.45, 7) is 0. The molecule has 3 nitrogen and oxygen atoms in total. The molecule has 0 radical (unpaired) electrons. The Morgan fingerprint density at radius 3 is 2.95 bits per heavy atom. The molecule has 1 unspecified atom stereocenters. The van der Waals surface area contributed by atoms with E-state index in [1.54, 1.807) is 12.4 Å². The second kappa shape index (κ2) is 5.21. The molecule has 2 aromatic rings. The van der Waals surface area contributed by atoms with Crippen LogP contribution in [0, 0.1) is 0 Å². The van der Waals surface area contributed by atoms with E-state index in [1.165, 1.54) is 24.0 Å². The van der Waals surface area contributed by atoms with Crippen LogP contribution in [-0.2, 0) is 6.42 Å². The van der Waals surface area contributed by atoms with E-state index in [0.29, 0.717) is 11.7 Å². The monoisotopic (exact) mass is 317 g/mol. The molecule has 1 aliphatic carbocycles. The highest BCUT2D eigenvalue weighted by Gasteiger charge is 2.20. The van der Waals surface area contributed by atoms with Crippen LogP contribution in [-0.4, -0.2) is 4.98 Å². The summed E-state index contributed by atoms with van der Waals surface area (Å²) < 4.78 is 0.913. The largest absolute Gasteiger partial charge is 0.396 e. The van der Waals surface area contributed by atoms with Crippen molar-refractivity contribution in [3.8, 4) is 0 Å². The number of rotatable bonds is 2. The van der Waals surface area contributed by atoms with Gasteiger partial charge in [-0.25, -0.2) is 0 Å². The van der Waals surface area contributed by atoms with Crippen LogP contribution in [0.15, 0.2) is 41.1 Å². The van der Waals surface area contributed by atoms with Crippen molar-refractivity contribution in [3.05, 3.63) is 52.3 Å². The molecule has 3 rings (SSSR count). The predicted octanol–water partition coefficient (Wildman–Crippen LogP) is 3.92. The number of halogens is 1. The lowest BCUT2D eigenvalue weighted by atomic mass is 9.87. The molecule has 19 heavy (non-hydrogen) atoms. The topological polar surface area (TPSA) is 50.9 Å². The number of benzene rings is 1. The third-order valence-electron chi connectivity index (χ3n) is 3.62. The Balaban J connectivity index is 1.93. The second-order valence-electron chi connectivity index (χ2n) is 4.87. The summed E-state index contributed by atoms with van der Waals surface area (Å²) in [7, 11) is 0. The first-order valence-corrected chi connectivity index (χ1v) is 7.28. The van der Waals surface area contributed by atoms with Crippen molar-refractivity contribution < 1.29 is 0 Å². The zero-order valence-electron chi connectivity index (χ0n) is 10.6. The number of pyridine rings is 1. The molecule has 0 aliphatic heterocycles. The Morgan fingerprint density at radius 2 is 2.11 bits per heavy atom. The summed E-state index contributed by atoms with van der Waals surface area (Å²) in [6, 6.07) is 8.96. The molecule has 0 bridgehead atoms. The second-order valence-corrected chi connectivity index (χ2v) is 5.73. The number of aromatic nitrogens is 1. The van der Waals surface area contributed by atoms with E-state index in [-0.39, 0.29) is 0 Å². The van der Waals surface area contributed by atoms with E-state index in [1.807, 2.05) is 0 Å². The van der Waals surface area contributed by atoms with Gasteiger partial charge in [0.15, 0.2) is 0 Å². The Morgan fingerprint density at radius 1 is 1.26 bits per heavy atom. The third-order valence-corrected chi connectivity index (χ3v) is 4.22. The first-order chi connectivity index (χ1) is 9.25. The Labute approximate surface area is 121 Å². The van der Waals surface area contributed by atoms with Gasteiger partial charge in [-0.1, -0.05) is 24.3 Å². The van der Waals surface area contributed by atoms with Gasteiger partial charge in [0, 0.05) is 6.20 Å². The van der Waals surface area contributed by atoms with Gasteiger partial charge in [-0.2, -0.15) is 0 Å². The van der Waals surface area contributed by atoms with E-state index in [9.17, 15) is 0 Å². The number of nitrogen functional groups attached to an aromatic ring is 1. The van der Waals surface area contributed by atoms with Crippen molar-refractivity contribution >= 4 is 27.3 Å². The van der Waals surface area contributed by atoms with Gasteiger partial charge >= 0.3 is 0 Å². The van der Waals surface area contributed by atoms with E-state index in [4.69, 9.17) is 5.73 Å². The molecule has 1 atom stereocenters. The van der Waals surface area contributed by atoms with Crippen LogP contribution >= 0.6 is 15.9 Å². The number of aryl methyl sites for hydroxylation is 1. The first kappa shape index (κ1) is 12.5. The van der Waals surface area contributed by atoms with Crippen LogP contribution in [0.25, 0.3) is 0 Å². The van der Waals surface area contributed by atoms with Gasteiger partial charge in [0.25, 0.3) is 0 Å². The fourth-order valence-electron chi connectivity index (χ4n) is 2.68.